The molecule has 4 nitrogen and oxygen atoms in total. The van der Waals surface area contributed by atoms with Gasteiger partial charge < -0.3 is 19.3 Å². The molecule has 4 heteroatoms. The van der Waals surface area contributed by atoms with E-state index in [9.17, 15) is 5.11 Å². The van der Waals surface area contributed by atoms with Crippen LogP contribution in [0.15, 0.2) is 0 Å². The summed E-state index contributed by atoms with van der Waals surface area (Å²) in [5.41, 5.74) is 0. The Morgan fingerprint density at radius 3 is 2.38 bits per heavy atom. The Balaban J connectivity index is 2.03. The molecule has 0 aromatic heterocycles. The summed E-state index contributed by atoms with van der Waals surface area (Å²) in [5.74, 6) is 0. The van der Waals surface area contributed by atoms with E-state index in [0.29, 0.717) is 26.2 Å². The zero-order chi connectivity index (χ0) is 11.8. The molecule has 0 aromatic carbocycles. The molecule has 3 atom stereocenters. The number of aliphatic hydroxyl groups is 1. The highest BCUT2D eigenvalue weighted by Crippen LogP contribution is 2.27. The summed E-state index contributed by atoms with van der Waals surface area (Å²) >= 11 is 0. The fourth-order valence-electron chi connectivity index (χ4n) is 1.70. The summed E-state index contributed by atoms with van der Waals surface area (Å²) in [6.45, 7) is 6.82. The van der Waals surface area contributed by atoms with Crippen LogP contribution >= 0.6 is 0 Å². The van der Waals surface area contributed by atoms with Gasteiger partial charge in [0.05, 0.1) is 25.4 Å². The van der Waals surface area contributed by atoms with Gasteiger partial charge in [-0.2, -0.15) is 0 Å². The molecule has 96 valence electrons. The van der Waals surface area contributed by atoms with Gasteiger partial charge in [-0.1, -0.05) is 13.8 Å². The molecule has 0 heterocycles. The number of hydrogen-bond donors (Lipinski definition) is 1. The lowest BCUT2D eigenvalue weighted by Crippen LogP contribution is -2.54. The van der Waals surface area contributed by atoms with E-state index < -0.39 is 0 Å². The molecule has 0 spiro atoms. The lowest BCUT2D eigenvalue weighted by Gasteiger charge is -2.40. The first-order valence-corrected chi connectivity index (χ1v) is 6.28. The topological polar surface area (TPSA) is 47.9 Å². The van der Waals surface area contributed by atoms with Crippen molar-refractivity contribution in [2.24, 2.45) is 0 Å². The highest BCUT2D eigenvalue weighted by Gasteiger charge is 2.41. The molecule has 0 amide bonds. The van der Waals surface area contributed by atoms with Gasteiger partial charge >= 0.3 is 0 Å². The van der Waals surface area contributed by atoms with Crippen molar-refractivity contribution in [2.75, 3.05) is 26.4 Å². The first-order valence-electron chi connectivity index (χ1n) is 6.28. The number of hydrogen-bond acceptors (Lipinski definition) is 4. The predicted octanol–water partition coefficient (Wildman–Crippen LogP) is 1.36. The van der Waals surface area contributed by atoms with Gasteiger partial charge in [0.1, 0.15) is 6.10 Å². The van der Waals surface area contributed by atoms with Gasteiger partial charge in [0.25, 0.3) is 0 Å². The van der Waals surface area contributed by atoms with E-state index in [2.05, 4.69) is 13.8 Å². The normalized spacial score (nSPS) is 29.1. The lowest BCUT2D eigenvalue weighted by atomic mass is 9.88. The number of rotatable bonds is 9. The Hall–Kier alpha value is -0.160. The maximum Gasteiger partial charge on any atom is 0.110 e. The molecular formula is C12H24O4. The standard InChI is InChI=1S/C12H24O4/c1-3-5-14-7-8-15-11-9-10(13)12(11)16-6-4-2/h10-13H,3-9H2,1-2H3. The number of aliphatic hydroxyl groups excluding tert-OH is 1. The van der Waals surface area contributed by atoms with Gasteiger partial charge in [0.2, 0.25) is 0 Å². The molecule has 1 rings (SSSR count). The second kappa shape index (κ2) is 8.01. The molecule has 3 unspecified atom stereocenters. The summed E-state index contributed by atoms with van der Waals surface area (Å²) in [7, 11) is 0. The van der Waals surface area contributed by atoms with Gasteiger partial charge in [-0.15, -0.1) is 0 Å². The first-order chi connectivity index (χ1) is 7.79. The van der Waals surface area contributed by atoms with Crippen LogP contribution in [0.2, 0.25) is 0 Å². The van der Waals surface area contributed by atoms with Crippen LogP contribution in [0.3, 0.4) is 0 Å². The summed E-state index contributed by atoms with van der Waals surface area (Å²) in [6.07, 6.45) is 2.24. The first kappa shape index (κ1) is 13.9. The highest BCUT2D eigenvalue weighted by atomic mass is 16.6. The van der Waals surface area contributed by atoms with Crippen LogP contribution in [0, 0.1) is 0 Å². The van der Waals surface area contributed by atoms with E-state index in [1.807, 2.05) is 0 Å². The van der Waals surface area contributed by atoms with Crippen molar-refractivity contribution in [3.63, 3.8) is 0 Å². The fraction of sp³-hybridized carbons (Fsp3) is 1.00. The Labute approximate surface area is 97.9 Å². The molecule has 1 fully saturated rings. The largest absolute Gasteiger partial charge is 0.390 e. The average Bonchev–Trinajstić information content (AvgIpc) is 2.27. The van der Waals surface area contributed by atoms with Crippen molar-refractivity contribution < 1.29 is 19.3 Å². The van der Waals surface area contributed by atoms with E-state index >= 15 is 0 Å². The molecular weight excluding hydrogens is 208 g/mol. The zero-order valence-corrected chi connectivity index (χ0v) is 10.4. The minimum atomic E-state index is -0.354. The summed E-state index contributed by atoms with van der Waals surface area (Å²) < 4.78 is 16.4. The molecule has 1 saturated carbocycles. The molecule has 0 aliphatic heterocycles. The van der Waals surface area contributed by atoms with Crippen LogP contribution < -0.4 is 0 Å². The van der Waals surface area contributed by atoms with Crippen molar-refractivity contribution in [1.82, 2.24) is 0 Å². The zero-order valence-electron chi connectivity index (χ0n) is 10.4. The van der Waals surface area contributed by atoms with Gasteiger partial charge in [0.15, 0.2) is 0 Å². The Morgan fingerprint density at radius 2 is 1.75 bits per heavy atom. The number of ether oxygens (including phenoxy) is 3. The van der Waals surface area contributed by atoms with E-state index in [0.717, 1.165) is 19.4 Å². The third-order valence-electron chi connectivity index (χ3n) is 2.64. The van der Waals surface area contributed by atoms with E-state index in [4.69, 9.17) is 14.2 Å². The fourth-order valence-corrected chi connectivity index (χ4v) is 1.70. The Bertz CT molecular complexity index is 174. The highest BCUT2D eigenvalue weighted by molar-refractivity contribution is 4.91. The summed E-state index contributed by atoms with van der Waals surface area (Å²) in [5, 5.41) is 9.51. The molecule has 0 saturated heterocycles. The van der Waals surface area contributed by atoms with Crippen molar-refractivity contribution in [2.45, 2.75) is 51.4 Å². The maximum atomic E-state index is 9.51. The summed E-state index contributed by atoms with van der Waals surface area (Å²) in [4.78, 5) is 0. The quantitative estimate of drug-likeness (QED) is 0.610. The van der Waals surface area contributed by atoms with Gasteiger partial charge in [-0.3, -0.25) is 0 Å². The van der Waals surface area contributed by atoms with Crippen LogP contribution in [-0.4, -0.2) is 49.8 Å². The smallest absolute Gasteiger partial charge is 0.110 e. The second-order valence-electron chi connectivity index (χ2n) is 4.16. The molecule has 0 aromatic rings. The summed E-state index contributed by atoms with van der Waals surface area (Å²) in [6, 6.07) is 0. The van der Waals surface area contributed by atoms with E-state index in [1.54, 1.807) is 0 Å². The van der Waals surface area contributed by atoms with Gasteiger partial charge in [-0.05, 0) is 12.8 Å². The SMILES string of the molecule is CCCOCCOC1CC(O)C1OCCC. The average molecular weight is 232 g/mol. The van der Waals surface area contributed by atoms with Gasteiger partial charge in [0, 0.05) is 19.6 Å². The monoisotopic (exact) mass is 232 g/mol. The molecule has 0 radical (unpaired) electrons. The Morgan fingerprint density at radius 1 is 1.00 bits per heavy atom. The van der Waals surface area contributed by atoms with E-state index in [1.165, 1.54) is 0 Å². The van der Waals surface area contributed by atoms with Crippen molar-refractivity contribution in [3.05, 3.63) is 0 Å². The second-order valence-corrected chi connectivity index (χ2v) is 4.16. The lowest BCUT2D eigenvalue weighted by molar-refractivity contribution is -0.195. The minimum absolute atomic E-state index is 0.0479. The van der Waals surface area contributed by atoms with Crippen molar-refractivity contribution >= 4 is 0 Å². The molecule has 1 aliphatic rings. The molecule has 0 bridgehead atoms. The van der Waals surface area contributed by atoms with Gasteiger partial charge in [-0.25, -0.2) is 0 Å². The maximum absolute atomic E-state index is 9.51. The van der Waals surface area contributed by atoms with E-state index in [-0.39, 0.29) is 18.3 Å². The van der Waals surface area contributed by atoms with Crippen LogP contribution in [0.4, 0.5) is 0 Å². The molecule has 1 aliphatic carbocycles. The third kappa shape index (κ3) is 4.37. The minimum Gasteiger partial charge on any atom is -0.390 e. The predicted molar refractivity (Wildman–Crippen MR) is 61.5 cm³/mol. The van der Waals surface area contributed by atoms with Crippen LogP contribution in [0.1, 0.15) is 33.1 Å². The van der Waals surface area contributed by atoms with Crippen molar-refractivity contribution in [1.29, 1.82) is 0 Å². The Kier molecular flexibility index (Phi) is 6.96. The third-order valence-corrected chi connectivity index (χ3v) is 2.64. The van der Waals surface area contributed by atoms with Crippen LogP contribution in [-0.2, 0) is 14.2 Å². The molecule has 16 heavy (non-hydrogen) atoms. The van der Waals surface area contributed by atoms with Crippen LogP contribution in [0.5, 0.6) is 0 Å². The van der Waals surface area contributed by atoms with Crippen LogP contribution in [0.25, 0.3) is 0 Å². The van der Waals surface area contributed by atoms with Crippen molar-refractivity contribution in [3.8, 4) is 0 Å². The molecule has 1 N–H and O–H groups in total.